The quantitative estimate of drug-likeness (QED) is 0.481. The zero-order valence-electron chi connectivity index (χ0n) is 1.83. The van der Waals surface area contributed by atoms with Crippen molar-refractivity contribution >= 4 is 23.9 Å². The van der Waals surface area contributed by atoms with Gasteiger partial charge in [0.25, 0.3) is 0 Å². The monoisotopic (exact) mass is 408 g/mol. The van der Waals surface area contributed by atoms with Crippen LogP contribution in [0.25, 0.3) is 0 Å². The Kier molecular flexibility index (Phi) is 105. The van der Waals surface area contributed by atoms with Crippen molar-refractivity contribution in [1.29, 1.82) is 0 Å². The Bertz CT molecular complexity index is 8.00. The minimum absolute atomic E-state index is 0. The van der Waals surface area contributed by atoms with E-state index in [1.807, 2.05) is 0 Å². The summed E-state index contributed by atoms with van der Waals surface area (Å²) in [5.41, 5.74) is 0. The molecule has 0 aliphatic rings. The molecule has 0 nitrogen and oxygen atoms in total. The zero-order chi connectivity index (χ0) is 0. The van der Waals surface area contributed by atoms with E-state index < -0.39 is 0 Å². The summed E-state index contributed by atoms with van der Waals surface area (Å²) in [5, 5.41) is 0. The van der Waals surface area contributed by atoms with E-state index in [0.29, 0.717) is 0 Å². The maximum Gasteiger partial charge on any atom is 0 e. The molecule has 0 bridgehead atoms. The van der Waals surface area contributed by atoms with Gasteiger partial charge in [0.15, 0.2) is 0 Å². The molecule has 0 aliphatic heterocycles. The van der Waals surface area contributed by atoms with Gasteiger partial charge in [-0.25, -0.2) is 0 Å². The van der Waals surface area contributed by atoms with Gasteiger partial charge >= 0.3 is 0 Å². The molecule has 0 unspecified atom stereocenters. The molecule has 0 aromatic rings. The summed E-state index contributed by atoms with van der Waals surface area (Å²) in [7, 11) is 0. The third-order valence-electron chi connectivity index (χ3n) is 0. The van der Waals surface area contributed by atoms with Crippen molar-refractivity contribution in [1.82, 2.24) is 0 Å². The van der Waals surface area contributed by atoms with Crippen LogP contribution >= 0.6 is 0 Å². The molecule has 6 radical (unpaired) electrons. The molecule has 0 amide bonds. The van der Waals surface area contributed by atoms with Crippen molar-refractivity contribution in [2.75, 3.05) is 0 Å². The predicted octanol–water partition coefficient (Wildman–Crippen LogP) is -0.386. The van der Waals surface area contributed by atoms with E-state index in [9.17, 15) is 0 Å². The normalized spacial score (nSPS) is 0. The largest absolute Gasteiger partial charge is 0 e. The summed E-state index contributed by atoms with van der Waals surface area (Å²) in [6.45, 7) is 0. The Morgan fingerprint density at radius 2 is 1.00 bits per heavy atom. The Morgan fingerprint density at radius 3 is 1.00 bits per heavy atom. The zero-order valence-corrected chi connectivity index (χ0v) is 11.2. The summed E-state index contributed by atoms with van der Waals surface area (Å²) in [6.07, 6.45) is 0. The van der Waals surface area contributed by atoms with Gasteiger partial charge in [-0.15, -0.1) is 0 Å². The maximum absolute atomic E-state index is 0. The predicted molar refractivity (Wildman–Crippen MR) is 5.75 cm³/mol. The molecule has 0 aromatic heterocycles. The molecule has 0 fully saturated rings. The molecule has 0 saturated heterocycles. The van der Waals surface area contributed by atoms with E-state index in [-0.39, 0.29) is 105 Å². The van der Waals surface area contributed by atoms with E-state index in [1.165, 1.54) is 0 Å². The van der Waals surface area contributed by atoms with Gasteiger partial charge in [-0.2, -0.15) is 0 Å². The molecule has 4 heteroatoms. The second-order valence-corrected chi connectivity index (χ2v) is 0. The molecular weight excluding hydrogens is 407 g/mol. The van der Waals surface area contributed by atoms with Gasteiger partial charge in [0, 0.05) is 105 Å². The summed E-state index contributed by atoms with van der Waals surface area (Å²) < 4.78 is 0. The average Bonchev–Trinajstić information content (AvgIpc) is 0. The second-order valence-electron chi connectivity index (χ2n) is 0. The molecular formula is CeMnNbSn. The molecule has 0 aliphatic carbocycles. The Balaban J connectivity index is 0. The number of hydrogen-bond acceptors (Lipinski definition) is 0. The van der Waals surface area contributed by atoms with Crippen LogP contribution < -0.4 is 0 Å². The van der Waals surface area contributed by atoms with Gasteiger partial charge in [0.1, 0.15) is 0 Å². The smallest absolute Gasteiger partial charge is 0 e. The van der Waals surface area contributed by atoms with Crippen LogP contribution in [0.15, 0.2) is 0 Å². The van der Waals surface area contributed by atoms with Gasteiger partial charge in [0.05, 0.1) is 0 Å². The van der Waals surface area contributed by atoms with Gasteiger partial charge in [-0.05, 0) is 0 Å². The third kappa shape index (κ3) is 9.06. The maximum atomic E-state index is 0. The van der Waals surface area contributed by atoms with Crippen molar-refractivity contribution in [3.8, 4) is 0 Å². The fourth-order valence-corrected chi connectivity index (χ4v) is 0. The van der Waals surface area contributed by atoms with E-state index in [2.05, 4.69) is 0 Å². The molecule has 0 aromatic carbocycles. The average molecular weight is 407 g/mol. The SMILES string of the molecule is [Ce].[Mn].[Nb].[Sn]. The first kappa shape index (κ1) is 26.1. The van der Waals surface area contributed by atoms with Crippen molar-refractivity contribution < 1.29 is 81.2 Å². The van der Waals surface area contributed by atoms with Crippen LogP contribution in [0.1, 0.15) is 0 Å². The van der Waals surface area contributed by atoms with E-state index >= 15 is 0 Å². The van der Waals surface area contributed by atoms with Crippen LogP contribution in [0.3, 0.4) is 0 Å². The first-order valence-corrected chi connectivity index (χ1v) is 0. The first-order valence-electron chi connectivity index (χ1n) is 0. The Morgan fingerprint density at radius 1 is 1.00 bits per heavy atom. The number of hydrogen-bond donors (Lipinski definition) is 0. The van der Waals surface area contributed by atoms with Gasteiger partial charge in [-0.3, -0.25) is 0 Å². The van der Waals surface area contributed by atoms with Gasteiger partial charge in [-0.1, -0.05) is 0 Å². The van der Waals surface area contributed by atoms with Crippen LogP contribution in [0.4, 0.5) is 0 Å². The summed E-state index contributed by atoms with van der Waals surface area (Å²) in [5.74, 6) is 0. The topological polar surface area (TPSA) is 0 Å². The molecule has 0 heterocycles. The fraction of sp³-hybridized carbons (Fsp3) is 0. The second kappa shape index (κ2) is 16.1. The van der Waals surface area contributed by atoms with E-state index in [0.717, 1.165) is 0 Å². The van der Waals surface area contributed by atoms with Crippen molar-refractivity contribution in [3.63, 3.8) is 0 Å². The summed E-state index contributed by atoms with van der Waals surface area (Å²) in [4.78, 5) is 0. The summed E-state index contributed by atoms with van der Waals surface area (Å²) in [6, 6.07) is 0. The Labute approximate surface area is 103 Å². The van der Waals surface area contributed by atoms with Crippen molar-refractivity contribution in [2.45, 2.75) is 0 Å². The van der Waals surface area contributed by atoms with Crippen LogP contribution in [-0.2, 0) is 39.4 Å². The Hall–Kier alpha value is 3.44. The molecule has 0 rings (SSSR count). The van der Waals surface area contributed by atoms with Crippen LogP contribution in [0, 0.1) is 41.7 Å². The fourth-order valence-electron chi connectivity index (χ4n) is 0. The summed E-state index contributed by atoms with van der Waals surface area (Å²) >= 11 is 0. The van der Waals surface area contributed by atoms with Gasteiger partial charge in [0.2, 0.25) is 0 Å². The molecule has 0 saturated carbocycles. The van der Waals surface area contributed by atoms with E-state index in [1.54, 1.807) is 0 Å². The number of rotatable bonds is 0. The first-order chi connectivity index (χ1) is 0. The van der Waals surface area contributed by atoms with Crippen molar-refractivity contribution in [2.24, 2.45) is 0 Å². The molecule has 0 spiro atoms. The van der Waals surface area contributed by atoms with Crippen molar-refractivity contribution in [3.05, 3.63) is 0 Å². The van der Waals surface area contributed by atoms with Gasteiger partial charge < -0.3 is 0 Å². The minimum Gasteiger partial charge on any atom is 0 e. The van der Waals surface area contributed by atoms with Crippen LogP contribution in [-0.4, -0.2) is 23.9 Å². The van der Waals surface area contributed by atoms with E-state index in [4.69, 9.17) is 0 Å². The van der Waals surface area contributed by atoms with Crippen LogP contribution in [0.2, 0.25) is 0 Å². The molecule has 20 valence electrons. The molecule has 0 N–H and O–H groups in total. The third-order valence-corrected chi connectivity index (χ3v) is 0. The molecule has 0 atom stereocenters. The van der Waals surface area contributed by atoms with Crippen LogP contribution in [0.5, 0.6) is 0 Å². The minimum atomic E-state index is 0. The standard InChI is InChI=1S/Ce.Mn.Nb.Sn. The molecule has 4 heavy (non-hydrogen) atoms.